The molecule has 1 aromatic carbocycles. The van der Waals surface area contributed by atoms with E-state index in [1.54, 1.807) is 0 Å². The van der Waals surface area contributed by atoms with Crippen LogP contribution in [0.15, 0.2) is 30.3 Å². The summed E-state index contributed by atoms with van der Waals surface area (Å²) in [6, 6.07) is 10.6. The van der Waals surface area contributed by atoms with Gasteiger partial charge in [-0.2, -0.15) is 0 Å². The minimum absolute atomic E-state index is 0.396. The molecule has 0 bridgehead atoms. The molecule has 1 fully saturated rings. The van der Waals surface area contributed by atoms with Gasteiger partial charge in [0.2, 0.25) is 0 Å². The van der Waals surface area contributed by atoms with Gasteiger partial charge in [-0.25, -0.2) is 0 Å². The van der Waals surface area contributed by atoms with Gasteiger partial charge in [-0.05, 0) is 37.2 Å². The number of hydrogen-bond donors (Lipinski definition) is 0. The Morgan fingerprint density at radius 2 is 1.83 bits per heavy atom. The summed E-state index contributed by atoms with van der Waals surface area (Å²) < 4.78 is 0. The molecule has 0 amide bonds. The van der Waals surface area contributed by atoms with Gasteiger partial charge in [0.15, 0.2) is 0 Å². The van der Waals surface area contributed by atoms with Crippen LogP contribution in [0, 0.1) is 12.8 Å². The second-order valence-electron chi connectivity index (χ2n) is 3.61. The summed E-state index contributed by atoms with van der Waals surface area (Å²) in [4.78, 5) is 0. The van der Waals surface area contributed by atoms with Crippen molar-refractivity contribution in [1.82, 2.24) is 0 Å². The Hall–Kier alpha value is -0.780. The highest BCUT2D eigenvalue weighted by Gasteiger charge is 2.24. The largest absolute Gasteiger partial charge is 0.0622 e. The summed E-state index contributed by atoms with van der Waals surface area (Å²) >= 11 is 0. The Bertz CT molecular complexity index is 237. The molecule has 0 aliphatic heterocycles. The van der Waals surface area contributed by atoms with Crippen LogP contribution in [-0.4, -0.2) is 0 Å². The minimum Gasteiger partial charge on any atom is -0.0622 e. The first-order chi connectivity index (χ1) is 5.88. The van der Waals surface area contributed by atoms with Gasteiger partial charge in [-0.3, -0.25) is 0 Å². The Kier molecular flexibility index (Phi) is 2.16. The van der Waals surface area contributed by atoms with Crippen molar-refractivity contribution in [2.24, 2.45) is 5.92 Å². The normalized spacial score (nSPS) is 29.1. The van der Waals surface area contributed by atoms with Crippen molar-refractivity contribution in [3.8, 4) is 0 Å². The SMILES string of the molecule is [CH]C1CCCC1c1ccccc1. The molecular formula is C12H14. The predicted octanol–water partition coefficient (Wildman–Crippen LogP) is 3.28. The first kappa shape index (κ1) is 7.85. The van der Waals surface area contributed by atoms with Crippen molar-refractivity contribution in [2.45, 2.75) is 25.2 Å². The fraction of sp³-hybridized carbons (Fsp3) is 0.417. The van der Waals surface area contributed by atoms with Gasteiger partial charge in [0.05, 0.1) is 0 Å². The van der Waals surface area contributed by atoms with Crippen molar-refractivity contribution in [1.29, 1.82) is 0 Å². The van der Waals surface area contributed by atoms with Crippen LogP contribution in [0.3, 0.4) is 0 Å². The summed E-state index contributed by atoms with van der Waals surface area (Å²) in [5, 5.41) is 0. The molecule has 0 heterocycles. The zero-order chi connectivity index (χ0) is 8.39. The number of hydrogen-bond acceptors (Lipinski definition) is 0. The molecular weight excluding hydrogens is 144 g/mol. The minimum atomic E-state index is 0.396. The number of benzene rings is 1. The van der Waals surface area contributed by atoms with E-state index < -0.39 is 0 Å². The molecule has 1 saturated carbocycles. The summed E-state index contributed by atoms with van der Waals surface area (Å²) in [7, 11) is 0. The molecule has 2 atom stereocenters. The molecule has 1 aliphatic carbocycles. The van der Waals surface area contributed by atoms with Crippen LogP contribution >= 0.6 is 0 Å². The zero-order valence-electron chi connectivity index (χ0n) is 7.24. The van der Waals surface area contributed by atoms with E-state index in [9.17, 15) is 0 Å². The van der Waals surface area contributed by atoms with Crippen molar-refractivity contribution in [3.63, 3.8) is 0 Å². The van der Waals surface area contributed by atoms with Crippen LogP contribution in [0.4, 0.5) is 0 Å². The zero-order valence-corrected chi connectivity index (χ0v) is 7.24. The first-order valence-electron chi connectivity index (χ1n) is 4.68. The van der Waals surface area contributed by atoms with Crippen LogP contribution in [0.5, 0.6) is 0 Å². The molecule has 0 nitrogen and oxygen atoms in total. The smallest absolute Gasteiger partial charge is 0.0131 e. The van der Waals surface area contributed by atoms with Crippen molar-refractivity contribution in [2.75, 3.05) is 0 Å². The lowest BCUT2D eigenvalue weighted by molar-refractivity contribution is 0.587. The van der Waals surface area contributed by atoms with Gasteiger partial charge in [0.1, 0.15) is 0 Å². The van der Waals surface area contributed by atoms with Crippen molar-refractivity contribution < 1.29 is 0 Å². The average Bonchev–Trinajstić information content (AvgIpc) is 2.53. The summed E-state index contributed by atoms with van der Waals surface area (Å²) in [6.45, 7) is 6.01. The molecule has 62 valence electrons. The van der Waals surface area contributed by atoms with E-state index in [1.165, 1.54) is 24.8 Å². The maximum absolute atomic E-state index is 6.01. The molecule has 2 rings (SSSR count). The van der Waals surface area contributed by atoms with E-state index in [-0.39, 0.29) is 0 Å². The molecule has 0 heteroatoms. The third-order valence-electron chi connectivity index (χ3n) is 2.80. The quantitative estimate of drug-likeness (QED) is 0.588. The summed E-state index contributed by atoms with van der Waals surface area (Å²) in [6.07, 6.45) is 3.76. The van der Waals surface area contributed by atoms with Gasteiger partial charge in [0.25, 0.3) is 0 Å². The predicted molar refractivity (Wildman–Crippen MR) is 50.8 cm³/mol. The molecule has 1 aliphatic rings. The maximum atomic E-state index is 6.01. The van der Waals surface area contributed by atoms with E-state index in [2.05, 4.69) is 30.3 Å². The van der Waals surface area contributed by atoms with Crippen molar-refractivity contribution >= 4 is 0 Å². The van der Waals surface area contributed by atoms with Gasteiger partial charge in [-0.15, -0.1) is 0 Å². The van der Waals surface area contributed by atoms with Crippen LogP contribution < -0.4 is 0 Å². The Morgan fingerprint density at radius 3 is 2.42 bits per heavy atom. The van der Waals surface area contributed by atoms with Crippen LogP contribution in [0.25, 0.3) is 0 Å². The fourth-order valence-electron chi connectivity index (χ4n) is 2.10. The lowest BCUT2D eigenvalue weighted by Crippen LogP contribution is -2.01. The Labute approximate surface area is 74.6 Å². The van der Waals surface area contributed by atoms with E-state index in [0.29, 0.717) is 11.8 Å². The van der Waals surface area contributed by atoms with E-state index in [0.717, 1.165) is 0 Å². The number of rotatable bonds is 1. The summed E-state index contributed by atoms with van der Waals surface area (Å²) in [5.74, 6) is 1.01. The maximum Gasteiger partial charge on any atom is -0.0131 e. The monoisotopic (exact) mass is 158 g/mol. The topological polar surface area (TPSA) is 0 Å². The molecule has 0 N–H and O–H groups in total. The van der Waals surface area contributed by atoms with Gasteiger partial charge in [-0.1, -0.05) is 36.8 Å². The van der Waals surface area contributed by atoms with Gasteiger partial charge >= 0.3 is 0 Å². The van der Waals surface area contributed by atoms with E-state index in [1.807, 2.05) is 0 Å². The third kappa shape index (κ3) is 1.38. The first-order valence-corrected chi connectivity index (χ1v) is 4.68. The highest BCUT2D eigenvalue weighted by Crippen LogP contribution is 2.38. The Balaban J connectivity index is 2.19. The Morgan fingerprint density at radius 1 is 1.08 bits per heavy atom. The molecule has 0 aromatic heterocycles. The molecule has 0 spiro atoms. The van der Waals surface area contributed by atoms with Crippen LogP contribution in [0.1, 0.15) is 30.7 Å². The summed E-state index contributed by atoms with van der Waals surface area (Å²) in [5.41, 5.74) is 1.42. The van der Waals surface area contributed by atoms with Gasteiger partial charge < -0.3 is 0 Å². The molecule has 2 unspecified atom stereocenters. The molecule has 2 radical (unpaired) electrons. The molecule has 0 saturated heterocycles. The lowest BCUT2D eigenvalue weighted by Gasteiger charge is -2.14. The lowest BCUT2D eigenvalue weighted by atomic mass is 9.90. The third-order valence-corrected chi connectivity index (χ3v) is 2.80. The highest BCUT2D eigenvalue weighted by molar-refractivity contribution is 5.21. The highest BCUT2D eigenvalue weighted by atomic mass is 14.3. The van der Waals surface area contributed by atoms with Crippen molar-refractivity contribution in [3.05, 3.63) is 42.8 Å². The molecule has 12 heavy (non-hydrogen) atoms. The van der Waals surface area contributed by atoms with E-state index in [4.69, 9.17) is 6.92 Å². The second kappa shape index (κ2) is 3.30. The fourth-order valence-corrected chi connectivity index (χ4v) is 2.10. The van der Waals surface area contributed by atoms with Gasteiger partial charge in [0, 0.05) is 0 Å². The van der Waals surface area contributed by atoms with Crippen LogP contribution in [0.2, 0.25) is 0 Å². The van der Waals surface area contributed by atoms with Crippen LogP contribution in [-0.2, 0) is 0 Å². The average molecular weight is 158 g/mol. The molecule has 1 aromatic rings. The second-order valence-corrected chi connectivity index (χ2v) is 3.61. The standard InChI is InChI=1S/C12H14/c1-10-6-5-9-12(10)11-7-3-2-4-8-11/h1-4,7-8,10,12H,5-6,9H2. The van der Waals surface area contributed by atoms with E-state index >= 15 is 0 Å².